The van der Waals surface area contributed by atoms with E-state index in [4.69, 9.17) is 5.73 Å². The summed E-state index contributed by atoms with van der Waals surface area (Å²) >= 11 is 1.92. The number of carbonyl (C=O) groups is 1. The lowest BCUT2D eigenvalue weighted by Gasteiger charge is -2.20. The molecule has 0 aromatic carbocycles. The fraction of sp³-hybridized carbons (Fsp3) is 0.900. The van der Waals surface area contributed by atoms with Gasteiger partial charge >= 0.3 is 0 Å². The van der Waals surface area contributed by atoms with Crippen LogP contribution in [0.5, 0.6) is 0 Å². The minimum atomic E-state index is -0.188. The molecule has 1 heterocycles. The minimum Gasteiger partial charge on any atom is -0.352 e. The molecule has 2 rings (SSSR count). The van der Waals surface area contributed by atoms with Crippen LogP contribution in [0, 0.1) is 11.3 Å². The third kappa shape index (κ3) is 1.77. The molecule has 2 aliphatic rings. The quantitative estimate of drug-likeness (QED) is 0.723. The van der Waals surface area contributed by atoms with Gasteiger partial charge in [-0.25, -0.2) is 0 Å². The summed E-state index contributed by atoms with van der Waals surface area (Å²) in [6.45, 7) is 2.71. The van der Waals surface area contributed by atoms with Gasteiger partial charge in [-0.3, -0.25) is 4.79 Å². The number of nitrogens with one attached hydrogen (secondary N) is 1. The summed E-state index contributed by atoms with van der Waals surface area (Å²) in [5.74, 6) is 3.03. The Morgan fingerprint density at radius 2 is 2.29 bits per heavy atom. The molecule has 14 heavy (non-hydrogen) atoms. The highest BCUT2D eigenvalue weighted by atomic mass is 32.2. The van der Waals surface area contributed by atoms with Gasteiger partial charge in [0.15, 0.2) is 0 Å². The summed E-state index contributed by atoms with van der Waals surface area (Å²) in [6.07, 6.45) is 1.95. The van der Waals surface area contributed by atoms with Crippen LogP contribution in [0.25, 0.3) is 0 Å². The smallest absolute Gasteiger partial charge is 0.227 e. The van der Waals surface area contributed by atoms with E-state index in [0.717, 1.165) is 18.6 Å². The van der Waals surface area contributed by atoms with Crippen LogP contribution in [0.2, 0.25) is 0 Å². The first-order chi connectivity index (χ1) is 6.68. The molecule has 2 fully saturated rings. The number of amides is 1. The van der Waals surface area contributed by atoms with E-state index in [2.05, 4.69) is 12.2 Å². The van der Waals surface area contributed by atoms with Crippen molar-refractivity contribution in [2.24, 2.45) is 17.1 Å². The van der Waals surface area contributed by atoms with Gasteiger partial charge in [-0.15, -0.1) is 0 Å². The second kappa shape index (κ2) is 3.74. The maximum absolute atomic E-state index is 11.9. The minimum absolute atomic E-state index is 0.188. The summed E-state index contributed by atoms with van der Waals surface area (Å²) in [5.41, 5.74) is 5.43. The average Bonchev–Trinajstić information content (AvgIpc) is 2.89. The standard InChI is InChI=1S/C10H18N2OS/c1-7-4-14-5-8(7)12-9(13)10(6-11)2-3-10/h7-8H,2-6,11H2,1H3,(H,12,13). The van der Waals surface area contributed by atoms with E-state index < -0.39 is 0 Å². The fourth-order valence-corrected chi connectivity index (χ4v) is 3.25. The van der Waals surface area contributed by atoms with Gasteiger partial charge in [-0.1, -0.05) is 6.92 Å². The Bertz CT molecular complexity index is 240. The Kier molecular flexibility index (Phi) is 2.75. The lowest BCUT2D eigenvalue weighted by molar-refractivity contribution is -0.126. The van der Waals surface area contributed by atoms with Gasteiger partial charge in [-0.05, 0) is 24.5 Å². The van der Waals surface area contributed by atoms with E-state index in [0.29, 0.717) is 18.5 Å². The monoisotopic (exact) mass is 214 g/mol. The zero-order chi connectivity index (χ0) is 10.2. The van der Waals surface area contributed by atoms with Crippen LogP contribution in [-0.2, 0) is 4.79 Å². The van der Waals surface area contributed by atoms with E-state index in [9.17, 15) is 4.79 Å². The molecule has 0 spiro atoms. The molecule has 1 aliphatic heterocycles. The summed E-state index contributed by atoms with van der Waals surface area (Å²) in [4.78, 5) is 11.9. The molecule has 2 atom stereocenters. The van der Waals surface area contributed by atoms with Crippen molar-refractivity contribution in [3.63, 3.8) is 0 Å². The van der Waals surface area contributed by atoms with Crippen molar-refractivity contribution in [1.82, 2.24) is 5.32 Å². The van der Waals surface area contributed by atoms with Crippen molar-refractivity contribution in [3.05, 3.63) is 0 Å². The molecule has 2 unspecified atom stereocenters. The molecule has 3 nitrogen and oxygen atoms in total. The summed E-state index contributed by atoms with van der Waals surface area (Å²) < 4.78 is 0. The average molecular weight is 214 g/mol. The van der Waals surface area contributed by atoms with Crippen LogP contribution in [0.3, 0.4) is 0 Å². The van der Waals surface area contributed by atoms with Gasteiger partial charge in [-0.2, -0.15) is 11.8 Å². The van der Waals surface area contributed by atoms with Gasteiger partial charge in [0.2, 0.25) is 5.91 Å². The van der Waals surface area contributed by atoms with Crippen LogP contribution >= 0.6 is 11.8 Å². The van der Waals surface area contributed by atoms with Crippen LogP contribution in [0.4, 0.5) is 0 Å². The Labute approximate surface area is 89.2 Å². The lowest BCUT2D eigenvalue weighted by Crippen LogP contribution is -2.44. The van der Waals surface area contributed by atoms with Crippen LogP contribution in [-0.4, -0.2) is 30.0 Å². The lowest BCUT2D eigenvalue weighted by atomic mass is 10.0. The highest BCUT2D eigenvalue weighted by molar-refractivity contribution is 7.99. The maximum atomic E-state index is 11.9. The topological polar surface area (TPSA) is 55.1 Å². The first-order valence-electron chi connectivity index (χ1n) is 5.27. The van der Waals surface area contributed by atoms with Gasteiger partial charge in [0.25, 0.3) is 0 Å². The van der Waals surface area contributed by atoms with Crippen molar-refractivity contribution in [2.45, 2.75) is 25.8 Å². The molecular weight excluding hydrogens is 196 g/mol. The van der Waals surface area contributed by atoms with Crippen LogP contribution < -0.4 is 11.1 Å². The molecule has 3 N–H and O–H groups in total. The van der Waals surface area contributed by atoms with Crippen molar-refractivity contribution in [3.8, 4) is 0 Å². The molecule has 1 saturated carbocycles. The normalized spacial score (nSPS) is 34.1. The molecule has 80 valence electrons. The highest BCUT2D eigenvalue weighted by Crippen LogP contribution is 2.45. The van der Waals surface area contributed by atoms with Crippen LogP contribution in [0.15, 0.2) is 0 Å². The van der Waals surface area contributed by atoms with E-state index in [1.807, 2.05) is 11.8 Å². The van der Waals surface area contributed by atoms with Crippen molar-refractivity contribution in [2.75, 3.05) is 18.1 Å². The van der Waals surface area contributed by atoms with E-state index in [1.54, 1.807) is 0 Å². The molecule has 1 saturated heterocycles. The first kappa shape index (κ1) is 10.3. The first-order valence-corrected chi connectivity index (χ1v) is 6.42. The SMILES string of the molecule is CC1CSCC1NC(=O)C1(CN)CC1. The number of hydrogen-bond donors (Lipinski definition) is 2. The number of rotatable bonds is 3. The number of nitrogens with two attached hydrogens (primary N) is 1. The molecule has 0 aromatic heterocycles. The second-order valence-corrected chi connectivity index (χ2v) is 5.65. The van der Waals surface area contributed by atoms with Gasteiger partial charge in [0, 0.05) is 18.3 Å². The Morgan fingerprint density at radius 1 is 1.57 bits per heavy atom. The van der Waals surface area contributed by atoms with Crippen molar-refractivity contribution in [1.29, 1.82) is 0 Å². The zero-order valence-corrected chi connectivity index (χ0v) is 9.40. The summed E-state index contributed by atoms with van der Waals surface area (Å²) in [5, 5.41) is 3.14. The van der Waals surface area contributed by atoms with E-state index in [-0.39, 0.29) is 11.3 Å². The summed E-state index contributed by atoms with van der Waals surface area (Å²) in [7, 11) is 0. The Balaban J connectivity index is 1.88. The third-order valence-electron chi connectivity index (χ3n) is 3.41. The van der Waals surface area contributed by atoms with Gasteiger partial charge < -0.3 is 11.1 Å². The Hall–Kier alpha value is -0.220. The molecule has 1 aliphatic carbocycles. The predicted octanol–water partition coefficient (Wildman–Crippen LogP) is 0.593. The number of thioether (sulfide) groups is 1. The second-order valence-electron chi connectivity index (χ2n) is 4.58. The predicted molar refractivity (Wildman–Crippen MR) is 59.1 cm³/mol. The van der Waals surface area contributed by atoms with E-state index >= 15 is 0 Å². The fourth-order valence-electron chi connectivity index (χ4n) is 1.84. The molecule has 0 radical (unpaired) electrons. The highest BCUT2D eigenvalue weighted by Gasteiger charge is 2.49. The molecule has 1 amide bonds. The van der Waals surface area contributed by atoms with Crippen molar-refractivity contribution >= 4 is 17.7 Å². The van der Waals surface area contributed by atoms with Gasteiger partial charge in [0.05, 0.1) is 5.41 Å². The van der Waals surface area contributed by atoms with Crippen LogP contribution in [0.1, 0.15) is 19.8 Å². The number of carbonyl (C=O) groups excluding carboxylic acids is 1. The molecule has 4 heteroatoms. The molecule has 0 aromatic rings. The maximum Gasteiger partial charge on any atom is 0.227 e. The molecular formula is C10H18N2OS. The summed E-state index contributed by atoms with van der Waals surface area (Å²) in [6, 6.07) is 0.372. The Morgan fingerprint density at radius 3 is 2.71 bits per heavy atom. The largest absolute Gasteiger partial charge is 0.352 e. The van der Waals surface area contributed by atoms with Crippen molar-refractivity contribution < 1.29 is 4.79 Å². The van der Waals surface area contributed by atoms with E-state index in [1.165, 1.54) is 5.75 Å². The number of hydrogen-bond acceptors (Lipinski definition) is 3. The zero-order valence-electron chi connectivity index (χ0n) is 8.58. The third-order valence-corrected chi connectivity index (χ3v) is 4.76. The van der Waals surface area contributed by atoms with Gasteiger partial charge in [0.1, 0.15) is 0 Å². The molecule has 0 bridgehead atoms.